The Kier molecular flexibility index (Phi) is 10.8. The molecule has 0 bridgehead atoms. The van der Waals surface area contributed by atoms with E-state index in [0.717, 1.165) is 81.2 Å². The molecule has 48 heavy (non-hydrogen) atoms. The minimum Gasteiger partial charge on any atom is -0.493 e. The Labute approximate surface area is 295 Å². The molecule has 0 spiro atoms. The van der Waals surface area contributed by atoms with Crippen molar-refractivity contribution >= 4 is 50.2 Å². The van der Waals surface area contributed by atoms with Gasteiger partial charge >= 0.3 is 5.97 Å². The third-order valence-electron chi connectivity index (χ3n) is 9.00. The van der Waals surface area contributed by atoms with Crippen LogP contribution >= 0.6 is 22.6 Å². The number of fused-ring (bicyclic) bond motifs is 2. The number of hydrogen-bond acceptors (Lipinski definition) is 5. The van der Waals surface area contributed by atoms with E-state index in [9.17, 15) is 9.90 Å². The van der Waals surface area contributed by atoms with Crippen molar-refractivity contribution in [1.29, 1.82) is 0 Å². The van der Waals surface area contributed by atoms with Gasteiger partial charge in [0, 0.05) is 39.1 Å². The average molecular weight is 756 g/mol. The summed E-state index contributed by atoms with van der Waals surface area (Å²) in [6.07, 6.45) is 4.20. The van der Waals surface area contributed by atoms with E-state index in [2.05, 4.69) is 86.9 Å². The summed E-state index contributed by atoms with van der Waals surface area (Å²) < 4.78 is 17.2. The van der Waals surface area contributed by atoms with Crippen LogP contribution in [0.2, 0.25) is 0 Å². The summed E-state index contributed by atoms with van der Waals surface area (Å²) in [5.74, 6) is 0.549. The minimum atomic E-state index is -0.312. The van der Waals surface area contributed by atoms with Gasteiger partial charge in [-0.3, -0.25) is 4.68 Å². The van der Waals surface area contributed by atoms with E-state index in [0.29, 0.717) is 31.9 Å². The highest BCUT2D eigenvalue weighted by Crippen LogP contribution is 2.38. The first-order chi connectivity index (χ1) is 23.4. The summed E-state index contributed by atoms with van der Waals surface area (Å²) in [7, 11) is 1.86. The number of aromatic nitrogens is 3. The van der Waals surface area contributed by atoms with Crippen LogP contribution in [0.3, 0.4) is 0 Å². The summed E-state index contributed by atoms with van der Waals surface area (Å²) in [5, 5.41) is 18.3. The van der Waals surface area contributed by atoms with Crippen molar-refractivity contribution in [1.82, 2.24) is 14.3 Å². The summed E-state index contributed by atoms with van der Waals surface area (Å²) in [4.78, 5) is 13.9. The van der Waals surface area contributed by atoms with E-state index < -0.39 is 0 Å². The third-order valence-corrected chi connectivity index (χ3v) is 9.72. The van der Waals surface area contributed by atoms with Gasteiger partial charge in [0.2, 0.25) is 0 Å². The topological polar surface area (TPSA) is 78.5 Å². The highest BCUT2D eigenvalue weighted by molar-refractivity contribution is 14.1. The lowest BCUT2D eigenvalue weighted by Gasteiger charge is -2.14. The summed E-state index contributed by atoms with van der Waals surface area (Å²) >= 11 is 2.33. The van der Waals surface area contributed by atoms with Crippen LogP contribution in [0.25, 0.3) is 32.8 Å². The molecule has 8 heteroatoms. The maximum Gasteiger partial charge on any atom is 0.355 e. The van der Waals surface area contributed by atoms with Crippen molar-refractivity contribution in [3.05, 3.63) is 117 Å². The second-order valence-corrected chi connectivity index (χ2v) is 13.3. The highest BCUT2D eigenvalue weighted by Gasteiger charge is 2.27. The first-order valence-electron chi connectivity index (χ1n) is 16.7. The van der Waals surface area contributed by atoms with Gasteiger partial charge in [0.05, 0.1) is 36.7 Å². The Hall–Kier alpha value is -4.15. The van der Waals surface area contributed by atoms with Gasteiger partial charge in [-0.2, -0.15) is 5.10 Å². The standard InChI is InChI=1S/C40H42IN3O4/c1-4-47-40(46)39-33(18-11-25-48-36-19-9-14-29-13-5-6-15-31(29)36)32-16-10-17-34(37-27(2)42-43(3)35(37)26-45)38(32)44(39)24-8-7-12-28-20-22-30(41)23-21-28/h5-6,9-10,13-17,19-23,45H,4,7-8,11-12,18,24-26H2,1-3H3. The summed E-state index contributed by atoms with van der Waals surface area (Å²) in [6, 6.07) is 29.2. The molecule has 0 unspecified atom stereocenters. The Balaban J connectivity index is 1.37. The molecule has 1 N–H and O–H groups in total. The predicted molar refractivity (Wildman–Crippen MR) is 201 cm³/mol. The molecule has 6 rings (SSSR count). The van der Waals surface area contributed by atoms with Crippen molar-refractivity contribution in [3.8, 4) is 16.9 Å². The molecular formula is C40H42IN3O4. The van der Waals surface area contributed by atoms with Crippen LogP contribution in [0, 0.1) is 10.5 Å². The van der Waals surface area contributed by atoms with Gasteiger partial charge in [0.15, 0.2) is 0 Å². The van der Waals surface area contributed by atoms with Crippen LogP contribution in [0.1, 0.15) is 59.2 Å². The smallest absolute Gasteiger partial charge is 0.355 e. The van der Waals surface area contributed by atoms with Crippen LogP contribution < -0.4 is 4.74 Å². The Morgan fingerprint density at radius 1 is 0.896 bits per heavy atom. The predicted octanol–water partition coefficient (Wildman–Crippen LogP) is 8.81. The number of carbonyl (C=O) groups is 1. The molecule has 0 aliphatic heterocycles. The minimum absolute atomic E-state index is 0.136. The van der Waals surface area contributed by atoms with Crippen molar-refractivity contribution in [3.63, 3.8) is 0 Å². The number of esters is 1. The van der Waals surface area contributed by atoms with Gasteiger partial charge in [-0.25, -0.2) is 4.79 Å². The molecule has 0 fully saturated rings. The number of nitrogens with zero attached hydrogens (tertiary/aromatic N) is 3. The molecule has 0 saturated carbocycles. The number of carbonyl (C=O) groups excluding carboxylic acids is 1. The van der Waals surface area contributed by atoms with Crippen molar-refractivity contribution in [2.75, 3.05) is 13.2 Å². The fourth-order valence-corrected chi connectivity index (χ4v) is 7.19. The molecule has 0 radical (unpaired) electrons. The lowest BCUT2D eigenvalue weighted by molar-refractivity contribution is 0.0512. The summed E-state index contributed by atoms with van der Waals surface area (Å²) in [6.45, 7) is 5.14. The fourth-order valence-electron chi connectivity index (χ4n) is 6.83. The van der Waals surface area contributed by atoms with Gasteiger partial charge in [-0.1, -0.05) is 66.7 Å². The summed E-state index contributed by atoms with van der Waals surface area (Å²) in [5.41, 5.74) is 7.31. The van der Waals surface area contributed by atoms with E-state index >= 15 is 0 Å². The van der Waals surface area contributed by atoms with E-state index in [4.69, 9.17) is 9.47 Å². The number of para-hydroxylation sites is 1. The molecular weight excluding hydrogens is 713 g/mol. The number of hydrogen-bond donors (Lipinski definition) is 1. The second kappa shape index (κ2) is 15.4. The number of benzene rings is 4. The van der Waals surface area contributed by atoms with Crippen LogP contribution in [0.5, 0.6) is 5.75 Å². The normalized spacial score (nSPS) is 11.4. The first kappa shape index (κ1) is 33.7. The Morgan fingerprint density at radius 2 is 1.65 bits per heavy atom. The SMILES string of the molecule is CCOC(=O)c1c(CCCOc2cccc3ccccc23)c2cccc(-c3c(C)nn(C)c3CO)c2n1CCCCc1ccc(I)cc1. The largest absolute Gasteiger partial charge is 0.493 e. The lowest BCUT2D eigenvalue weighted by atomic mass is 9.98. The zero-order chi connectivity index (χ0) is 33.6. The molecule has 6 aromatic rings. The molecule has 248 valence electrons. The molecule has 0 atom stereocenters. The maximum atomic E-state index is 13.9. The van der Waals surface area contributed by atoms with Gasteiger partial charge in [0.1, 0.15) is 11.4 Å². The molecule has 0 saturated heterocycles. The van der Waals surface area contributed by atoms with Crippen molar-refractivity contribution in [2.45, 2.75) is 59.1 Å². The van der Waals surface area contributed by atoms with E-state index in [1.54, 1.807) is 4.68 Å². The molecule has 0 amide bonds. The van der Waals surface area contributed by atoms with Crippen LogP contribution in [0.4, 0.5) is 0 Å². The van der Waals surface area contributed by atoms with Gasteiger partial charge in [-0.15, -0.1) is 0 Å². The van der Waals surface area contributed by atoms with Crippen LogP contribution in [-0.4, -0.2) is 38.6 Å². The number of unbranched alkanes of at least 4 members (excludes halogenated alkanes) is 1. The fraction of sp³-hybridized carbons (Fsp3) is 0.300. The quantitative estimate of drug-likeness (QED) is 0.0684. The van der Waals surface area contributed by atoms with E-state index in [1.807, 2.05) is 51.2 Å². The average Bonchev–Trinajstić information content (AvgIpc) is 3.57. The van der Waals surface area contributed by atoms with Crippen molar-refractivity contribution in [2.24, 2.45) is 7.05 Å². The number of ether oxygens (including phenoxy) is 2. The van der Waals surface area contributed by atoms with E-state index in [-0.39, 0.29) is 12.6 Å². The Bertz CT molecular complexity index is 2040. The third kappa shape index (κ3) is 7.00. The molecule has 4 aromatic carbocycles. The number of aryl methyl sites for hydroxylation is 5. The van der Waals surface area contributed by atoms with Crippen LogP contribution in [0.15, 0.2) is 84.9 Å². The zero-order valence-electron chi connectivity index (χ0n) is 27.8. The number of aliphatic hydroxyl groups excluding tert-OH is 1. The monoisotopic (exact) mass is 755 g/mol. The maximum absolute atomic E-state index is 13.9. The molecule has 0 aliphatic carbocycles. The zero-order valence-corrected chi connectivity index (χ0v) is 30.0. The van der Waals surface area contributed by atoms with Crippen LogP contribution in [-0.2, 0) is 37.8 Å². The highest BCUT2D eigenvalue weighted by atomic mass is 127. The van der Waals surface area contributed by atoms with Gasteiger partial charge in [0.25, 0.3) is 0 Å². The number of halogens is 1. The van der Waals surface area contributed by atoms with Gasteiger partial charge in [-0.05, 0) is 103 Å². The van der Waals surface area contributed by atoms with E-state index in [1.165, 1.54) is 9.13 Å². The van der Waals surface area contributed by atoms with Gasteiger partial charge < -0.3 is 19.1 Å². The first-order valence-corrected chi connectivity index (χ1v) is 17.8. The molecule has 2 aromatic heterocycles. The molecule has 7 nitrogen and oxygen atoms in total. The number of rotatable bonds is 14. The molecule has 2 heterocycles. The second-order valence-electron chi connectivity index (χ2n) is 12.1. The lowest BCUT2D eigenvalue weighted by Crippen LogP contribution is -2.15. The van der Waals surface area contributed by atoms with Crippen molar-refractivity contribution < 1.29 is 19.4 Å². The number of aliphatic hydroxyl groups is 1. The Morgan fingerprint density at radius 3 is 2.44 bits per heavy atom. The molecule has 0 aliphatic rings.